The molecule has 3 aromatic heterocycles. The monoisotopic (exact) mass is 404 g/mol. The van der Waals surface area contributed by atoms with E-state index in [-0.39, 0.29) is 11.5 Å². The first kappa shape index (κ1) is 19.1. The first-order chi connectivity index (χ1) is 14.0. The molecule has 29 heavy (non-hydrogen) atoms. The van der Waals surface area contributed by atoms with Crippen LogP contribution in [-0.4, -0.2) is 31.3 Å². The van der Waals surface area contributed by atoms with Gasteiger partial charge in [0.05, 0.1) is 5.75 Å². The van der Waals surface area contributed by atoms with Gasteiger partial charge in [-0.2, -0.15) is 0 Å². The summed E-state index contributed by atoms with van der Waals surface area (Å²) >= 11 is 1.25. The van der Waals surface area contributed by atoms with E-state index in [0.29, 0.717) is 16.7 Å². The molecule has 0 fully saturated rings. The lowest BCUT2D eigenvalue weighted by Gasteiger charge is -2.10. The Hall–Kier alpha value is -3.19. The van der Waals surface area contributed by atoms with Crippen molar-refractivity contribution in [2.45, 2.75) is 26.0 Å². The predicted molar refractivity (Wildman–Crippen MR) is 113 cm³/mol. The van der Waals surface area contributed by atoms with Crippen LogP contribution in [0, 0.1) is 20.8 Å². The van der Waals surface area contributed by atoms with Gasteiger partial charge in [-0.15, -0.1) is 10.2 Å². The zero-order valence-corrected chi connectivity index (χ0v) is 17.2. The Balaban J connectivity index is 1.50. The van der Waals surface area contributed by atoms with E-state index < -0.39 is 0 Å². The molecule has 7 heteroatoms. The zero-order valence-electron chi connectivity index (χ0n) is 16.4. The average molecular weight is 404 g/mol. The van der Waals surface area contributed by atoms with Gasteiger partial charge in [0.15, 0.2) is 5.78 Å². The summed E-state index contributed by atoms with van der Waals surface area (Å²) in [5.41, 5.74) is 5.71. The average Bonchev–Trinajstić information content (AvgIpc) is 3.31. The van der Waals surface area contributed by atoms with Gasteiger partial charge >= 0.3 is 0 Å². The second kappa shape index (κ2) is 8.05. The molecule has 3 heterocycles. The van der Waals surface area contributed by atoms with Crippen molar-refractivity contribution in [2.75, 3.05) is 5.75 Å². The van der Waals surface area contributed by atoms with Crippen LogP contribution >= 0.6 is 11.8 Å². The van der Waals surface area contributed by atoms with Crippen LogP contribution < -0.4 is 0 Å². The van der Waals surface area contributed by atoms with Crippen molar-refractivity contribution in [2.24, 2.45) is 0 Å². The number of nitrogens with zero attached hydrogens (tertiary/aromatic N) is 4. The Morgan fingerprint density at radius 1 is 1.07 bits per heavy atom. The molecule has 0 unspecified atom stereocenters. The highest BCUT2D eigenvalue weighted by atomic mass is 32.2. The quantitative estimate of drug-likeness (QED) is 0.339. The Morgan fingerprint density at radius 2 is 1.86 bits per heavy atom. The van der Waals surface area contributed by atoms with E-state index in [1.54, 1.807) is 24.5 Å². The van der Waals surface area contributed by atoms with E-state index in [1.165, 1.54) is 17.3 Å². The summed E-state index contributed by atoms with van der Waals surface area (Å²) < 4.78 is 7.76. The number of carbonyl (C=O) groups excluding carboxylic acids is 1. The van der Waals surface area contributed by atoms with Crippen LogP contribution in [0.2, 0.25) is 0 Å². The third kappa shape index (κ3) is 4.00. The fourth-order valence-electron chi connectivity index (χ4n) is 3.29. The summed E-state index contributed by atoms with van der Waals surface area (Å²) in [6.07, 6.45) is 3.33. The number of hydrogen-bond donors (Lipinski definition) is 0. The molecule has 0 spiro atoms. The van der Waals surface area contributed by atoms with E-state index in [1.807, 2.05) is 26.0 Å². The number of thioether (sulfide) groups is 1. The number of pyridine rings is 1. The minimum atomic E-state index is 0.0330. The number of rotatable bonds is 6. The highest BCUT2D eigenvalue weighted by Gasteiger charge is 2.18. The minimum absolute atomic E-state index is 0.0330. The van der Waals surface area contributed by atoms with Crippen LogP contribution in [0.5, 0.6) is 0 Å². The number of Topliss-reactive ketones (excluding diaryl/α,β-unsaturated/α-hetero) is 1. The first-order valence-electron chi connectivity index (χ1n) is 9.19. The highest BCUT2D eigenvalue weighted by molar-refractivity contribution is 7.99. The molecule has 0 N–H and O–H groups in total. The van der Waals surface area contributed by atoms with Crippen molar-refractivity contribution >= 4 is 17.5 Å². The third-order valence-electron chi connectivity index (χ3n) is 4.65. The van der Waals surface area contributed by atoms with E-state index in [2.05, 4.69) is 44.9 Å². The standard InChI is InChI=1S/C22H20N4O2S/c1-14-5-4-6-18(11-14)26-15(2)12-19(16(26)3)20(27)13-29-22-25-24-21(28-22)17-7-9-23-10-8-17/h4-12H,13H2,1-3H3. The lowest BCUT2D eigenvalue weighted by molar-refractivity contribution is 0.102. The van der Waals surface area contributed by atoms with Crippen LogP contribution in [0.4, 0.5) is 0 Å². The van der Waals surface area contributed by atoms with Gasteiger partial charge in [-0.1, -0.05) is 23.9 Å². The number of hydrogen-bond acceptors (Lipinski definition) is 6. The van der Waals surface area contributed by atoms with Crippen LogP contribution in [0.3, 0.4) is 0 Å². The molecule has 0 bridgehead atoms. The predicted octanol–water partition coefficient (Wildman–Crippen LogP) is 4.82. The lowest BCUT2D eigenvalue weighted by atomic mass is 10.2. The van der Waals surface area contributed by atoms with Gasteiger partial charge in [0, 0.05) is 40.6 Å². The second-order valence-corrected chi connectivity index (χ2v) is 7.71. The van der Waals surface area contributed by atoms with Crippen molar-refractivity contribution in [3.63, 3.8) is 0 Å². The van der Waals surface area contributed by atoms with E-state index in [4.69, 9.17) is 4.42 Å². The van der Waals surface area contributed by atoms with Gasteiger partial charge in [-0.3, -0.25) is 9.78 Å². The molecule has 0 amide bonds. The zero-order chi connectivity index (χ0) is 20.4. The molecule has 0 radical (unpaired) electrons. The number of ketones is 1. The lowest BCUT2D eigenvalue weighted by Crippen LogP contribution is -2.05. The van der Waals surface area contributed by atoms with Crippen molar-refractivity contribution in [3.8, 4) is 17.1 Å². The molecular formula is C22H20N4O2S. The van der Waals surface area contributed by atoms with Gasteiger partial charge in [-0.25, -0.2) is 0 Å². The Bertz CT molecular complexity index is 1160. The Morgan fingerprint density at radius 3 is 2.62 bits per heavy atom. The smallest absolute Gasteiger partial charge is 0.277 e. The number of carbonyl (C=O) groups is 1. The molecule has 4 rings (SSSR count). The molecule has 4 aromatic rings. The van der Waals surface area contributed by atoms with Crippen LogP contribution in [-0.2, 0) is 0 Å². The van der Waals surface area contributed by atoms with Gasteiger partial charge in [-0.05, 0) is 56.7 Å². The van der Waals surface area contributed by atoms with Crippen LogP contribution in [0.1, 0.15) is 27.3 Å². The Labute approximate surface area is 173 Å². The van der Waals surface area contributed by atoms with Gasteiger partial charge in [0.25, 0.3) is 5.22 Å². The van der Waals surface area contributed by atoms with E-state index in [9.17, 15) is 4.79 Å². The van der Waals surface area contributed by atoms with Gasteiger partial charge < -0.3 is 8.98 Å². The summed E-state index contributed by atoms with van der Waals surface area (Å²) in [7, 11) is 0. The molecule has 0 aliphatic carbocycles. The van der Waals surface area contributed by atoms with Crippen LogP contribution in [0.25, 0.3) is 17.1 Å². The number of benzene rings is 1. The maximum Gasteiger partial charge on any atom is 0.277 e. The molecule has 146 valence electrons. The molecule has 0 aliphatic heterocycles. The summed E-state index contributed by atoms with van der Waals surface area (Å²) in [4.78, 5) is 16.8. The van der Waals surface area contributed by atoms with Crippen molar-refractivity contribution < 1.29 is 9.21 Å². The van der Waals surface area contributed by atoms with Crippen molar-refractivity contribution in [1.82, 2.24) is 19.7 Å². The normalized spacial score (nSPS) is 11.0. The van der Waals surface area contributed by atoms with Crippen molar-refractivity contribution in [3.05, 3.63) is 77.4 Å². The molecule has 0 atom stereocenters. The molecular weight excluding hydrogens is 384 g/mol. The fraction of sp³-hybridized carbons (Fsp3) is 0.182. The van der Waals surface area contributed by atoms with Gasteiger partial charge in [0.2, 0.25) is 5.89 Å². The molecule has 0 saturated carbocycles. The van der Waals surface area contributed by atoms with E-state index >= 15 is 0 Å². The number of aryl methyl sites for hydroxylation is 2. The summed E-state index contributed by atoms with van der Waals surface area (Å²) in [6.45, 7) is 6.05. The molecule has 0 saturated heterocycles. The van der Waals surface area contributed by atoms with Crippen molar-refractivity contribution in [1.29, 1.82) is 0 Å². The Kier molecular flexibility index (Phi) is 5.31. The van der Waals surface area contributed by atoms with Crippen LogP contribution in [0.15, 0.2) is 64.5 Å². The minimum Gasteiger partial charge on any atom is -0.411 e. The number of aromatic nitrogens is 4. The topological polar surface area (TPSA) is 73.8 Å². The maximum atomic E-state index is 12.8. The van der Waals surface area contributed by atoms with E-state index in [0.717, 1.165) is 22.6 Å². The largest absolute Gasteiger partial charge is 0.411 e. The third-order valence-corrected chi connectivity index (χ3v) is 5.47. The second-order valence-electron chi connectivity index (χ2n) is 6.78. The molecule has 0 aliphatic rings. The fourth-order valence-corrected chi connectivity index (χ4v) is 3.94. The first-order valence-corrected chi connectivity index (χ1v) is 10.2. The molecule has 6 nitrogen and oxygen atoms in total. The highest BCUT2D eigenvalue weighted by Crippen LogP contribution is 2.26. The van der Waals surface area contributed by atoms with Gasteiger partial charge in [0.1, 0.15) is 0 Å². The summed E-state index contributed by atoms with van der Waals surface area (Å²) in [5.74, 6) is 0.682. The maximum absolute atomic E-state index is 12.8. The summed E-state index contributed by atoms with van der Waals surface area (Å²) in [6, 6.07) is 13.8. The SMILES string of the molecule is Cc1cccc(-n2c(C)cc(C(=O)CSc3nnc(-c4ccncc4)o3)c2C)c1. The summed E-state index contributed by atoms with van der Waals surface area (Å²) in [5, 5.41) is 8.44. The molecule has 1 aromatic carbocycles.